The van der Waals surface area contributed by atoms with Gasteiger partial charge in [-0.15, -0.1) is 0 Å². The number of amides is 3. The van der Waals surface area contributed by atoms with Gasteiger partial charge in [-0.3, -0.25) is 9.59 Å². The molecule has 1 fully saturated rings. The molecule has 0 saturated heterocycles. The van der Waals surface area contributed by atoms with Crippen molar-refractivity contribution in [2.75, 3.05) is 0 Å². The average Bonchev–Trinajstić information content (AvgIpc) is 2.91. The number of nitrogens with one attached hydrogen (secondary N) is 2. The number of aryl methyl sites for hydroxylation is 1. The van der Waals surface area contributed by atoms with E-state index in [4.69, 9.17) is 4.74 Å². The van der Waals surface area contributed by atoms with Gasteiger partial charge in [0.2, 0.25) is 11.8 Å². The Kier molecular flexibility index (Phi) is 11.0. The average molecular weight is 564 g/mol. The molecular weight excluding hydrogens is 514 g/mol. The highest BCUT2D eigenvalue weighted by Gasteiger charge is 2.43. The summed E-state index contributed by atoms with van der Waals surface area (Å²) in [6, 6.07) is 15.7. The second kappa shape index (κ2) is 14.0. The lowest BCUT2D eigenvalue weighted by Crippen LogP contribution is -2.60. The molecule has 2 N–H and O–H groups in total. The van der Waals surface area contributed by atoms with Crippen LogP contribution in [0.15, 0.2) is 54.6 Å². The van der Waals surface area contributed by atoms with Gasteiger partial charge in [-0.1, -0.05) is 86.3 Å². The van der Waals surface area contributed by atoms with Crippen LogP contribution in [0.3, 0.4) is 0 Å². The molecule has 1 aliphatic rings. The molecule has 0 bridgehead atoms. The number of rotatable bonds is 10. The van der Waals surface area contributed by atoms with E-state index < -0.39 is 29.3 Å². The van der Waals surface area contributed by atoms with Crippen molar-refractivity contribution in [3.05, 3.63) is 71.3 Å². The van der Waals surface area contributed by atoms with E-state index in [-0.39, 0.29) is 24.3 Å². The number of alkyl carbamates (subject to hydrolysis) is 1. The lowest BCUT2D eigenvalue weighted by atomic mass is 9.90. The Hall–Kier alpha value is -3.35. The normalized spacial score (nSPS) is 15.9. The quantitative estimate of drug-likeness (QED) is 0.339. The van der Waals surface area contributed by atoms with E-state index in [9.17, 15) is 14.4 Å². The van der Waals surface area contributed by atoms with E-state index in [1.807, 2.05) is 82.3 Å². The van der Waals surface area contributed by atoms with Crippen LogP contribution >= 0.6 is 0 Å². The van der Waals surface area contributed by atoms with E-state index in [1.54, 1.807) is 25.7 Å². The molecule has 1 aliphatic carbocycles. The van der Waals surface area contributed by atoms with Crippen LogP contribution in [0, 0.1) is 6.92 Å². The molecule has 224 valence electrons. The molecule has 3 amide bonds. The fourth-order valence-corrected chi connectivity index (χ4v) is 5.31. The predicted octanol–water partition coefficient (Wildman–Crippen LogP) is 6.64. The van der Waals surface area contributed by atoms with Crippen molar-refractivity contribution in [1.29, 1.82) is 0 Å². The molecule has 2 aromatic rings. The summed E-state index contributed by atoms with van der Waals surface area (Å²) >= 11 is 0. The summed E-state index contributed by atoms with van der Waals surface area (Å²) in [5, 5.41) is 6.13. The molecule has 0 aliphatic heterocycles. The lowest BCUT2D eigenvalue weighted by Gasteiger charge is -2.45. The third-order valence-electron chi connectivity index (χ3n) is 7.88. The Balaban J connectivity index is 2.07. The van der Waals surface area contributed by atoms with Crippen molar-refractivity contribution in [3.63, 3.8) is 0 Å². The van der Waals surface area contributed by atoms with Gasteiger partial charge in [0.15, 0.2) is 0 Å². The van der Waals surface area contributed by atoms with E-state index in [1.165, 1.54) is 6.42 Å². The second-order valence-electron chi connectivity index (χ2n) is 12.9. The van der Waals surface area contributed by atoms with Crippen LogP contribution < -0.4 is 10.6 Å². The topological polar surface area (TPSA) is 87.7 Å². The second-order valence-corrected chi connectivity index (χ2v) is 12.9. The first-order valence-corrected chi connectivity index (χ1v) is 15.0. The van der Waals surface area contributed by atoms with Gasteiger partial charge in [0, 0.05) is 18.0 Å². The first-order valence-electron chi connectivity index (χ1n) is 15.0. The Morgan fingerprint density at radius 3 is 2.10 bits per heavy atom. The van der Waals surface area contributed by atoms with Crippen molar-refractivity contribution in [2.24, 2.45) is 0 Å². The Morgan fingerprint density at radius 1 is 0.927 bits per heavy atom. The molecule has 41 heavy (non-hydrogen) atoms. The highest BCUT2D eigenvalue weighted by atomic mass is 16.6. The minimum absolute atomic E-state index is 0.0888. The van der Waals surface area contributed by atoms with Gasteiger partial charge in [0.1, 0.15) is 17.7 Å². The Bertz CT molecular complexity index is 1150. The van der Waals surface area contributed by atoms with Crippen molar-refractivity contribution in [2.45, 2.75) is 123 Å². The van der Waals surface area contributed by atoms with Crippen LogP contribution in [0.5, 0.6) is 0 Å². The summed E-state index contributed by atoms with van der Waals surface area (Å²) in [4.78, 5) is 43.6. The molecule has 2 aromatic carbocycles. The van der Waals surface area contributed by atoms with Crippen molar-refractivity contribution >= 4 is 17.9 Å². The van der Waals surface area contributed by atoms with Gasteiger partial charge in [0.25, 0.3) is 0 Å². The van der Waals surface area contributed by atoms with Crippen LogP contribution in [0.2, 0.25) is 0 Å². The predicted molar refractivity (Wildman–Crippen MR) is 163 cm³/mol. The number of benzene rings is 2. The standard InChI is InChI=1S/C34H49N3O4/c1-8-34(6,7)37(29(26-21-19-24(2)20-22-26)30(38)35-27-17-13-10-14-18-27)31(39)28(23-25-15-11-9-12-16-25)36-32(40)41-33(3,4)5/h9,11-12,15-16,19-22,27-29H,8,10,13-14,17-18,23H2,1-7H3,(H,35,38)(H,36,40). The van der Waals surface area contributed by atoms with Crippen LogP contribution in [-0.2, 0) is 20.7 Å². The molecule has 0 radical (unpaired) electrons. The number of nitrogens with zero attached hydrogens (tertiary/aromatic N) is 1. The minimum Gasteiger partial charge on any atom is -0.444 e. The SMILES string of the molecule is CCC(C)(C)N(C(=O)C(Cc1ccccc1)NC(=O)OC(C)(C)C)C(C(=O)NC1CCCCC1)c1ccc(C)cc1. The molecule has 0 heterocycles. The van der Waals surface area contributed by atoms with Gasteiger partial charge in [-0.05, 0) is 71.9 Å². The molecule has 2 unspecified atom stereocenters. The maximum Gasteiger partial charge on any atom is 0.408 e. The number of carbonyl (C=O) groups excluding carboxylic acids is 3. The van der Waals surface area contributed by atoms with Gasteiger partial charge in [0.05, 0.1) is 0 Å². The zero-order valence-electron chi connectivity index (χ0n) is 26.0. The number of carbonyl (C=O) groups is 3. The fourth-order valence-electron chi connectivity index (χ4n) is 5.31. The maximum atomic E-state index is 14.7. The van der Waals surface area contributed by atoms with E-state index >= 15 is 0 Å². The Morgan fingerprint density at radius 2 is 1.54 bits per heavy atom. The summed E-state index contributed by atoms with van der Waals surface area (Å²) in [5.41, 5.74) is 1.30. The molecule has 7 nitrogen and oxygen atoms in total. The highest BCUT2D eigenvalue weighted by molar-refractivity contribution is 5.93. The van der Waals surface area contributed by atoms with Crippen molar-refractivity contribution in [1.82, 2.24) is 15.5 Å². The number of ether oxygens (including phenoxy) is 1. The molecule has 3 rings (SSSR count). The highest BCUT2D eigenvalue weighted by Crippen LogP contribution is 2.33. The third kappa shape index (κ3) is 9.34. The molecule has 0 spiro atoms. The van der Waals surface area contributed by atoms with E-state index in [0.29, 0.717) is 6.42 Å². The molecule has 2 atom stereocenters. The smallest absolute Gasteiger partial charge is 0.408 e. The van der Waals surface area contributed by atoms with Gasteiger partial charge in [-0.2, -0.15) is 0 Å². The molecular formula is C34H49N3O4. The lowest BCUT2D eigenvalue weighted by molar-refractivity contribution is -0.149. The van der Waals surface area contributed by atoms with E-state index in [2.05, 4.69) is 10.6 Å². The minimum atomic E-state index is -0.937. The summed E-state index contributed by atoms with van der Waals surface area (Å²) in [6.07, 6.45) is 5.44. The molecule has 7 heteroatoms. The van der Waals surface area contributed by atoms with Crippen molar-refractivity contribution in [3.8, 4) is 0 Å². The maximum absolute atomic E-state index is 14.7. The third-order valence-corrected chi connectivity index (χ3v) is 7.88. The summed E-state index contributed by atoms with van der Waals surface area (Å²) < 4.78 is 5.55. The van der Waals surface area contributed by atoms with Gasteiger partial charge >= 0.3 is 6.09 Å². The van der Waals surface area contributed by atoms with Crippen LogP contribution in [0.25, 0.3) is 0 Å². The van der Waals surface area contributed by atoms with E-state index in [0.717, 1.165) is 42.4 Å². The van der Waals surface area contributed by atoms with Crippen LogP contribution in [-0.4, -0.2) is 46.0 Å². The Labute approximate surface area is 246 Å². The van der Waals surface area contributed by atoms with Crippen molar-refractivity contribution < 1.29 is 19.1 Å². The fraction of sp³-hybridized carbons (Fsp3) is 0.559. The summed E-state index contributed by atoms with van der Waals surface area (Å²) in [6.45, 7) is 13.3. The first-order chi connectivity index (χ1) is 19.3. The first kappa shape index (κ1) is 32.2. The zero-order chi connectivity index (χ0) is 30.2. The summed E-state index contributed by atoms with van der Waals surface area (Å²) in [5.74, 6) is -0.512. The number of hydrogen-bond acceptors (Lipinski definition) is 4. The number of hydrogen-bond donors (Lipinski definition) is 2. The molecule has 0 aromatic heterocycles. The van der Waals surface area contributed by atoms with Gasteiger partial charge in [-0.25, -0.2) is 4.79 Å². The van der Waals surface area contributed by atoms with Crippen LogP contribution in [0.4, 0.5) is 4.79 Å². The zero-order valence-corrected chi connectivity index (χ0v) is 26.0. The largest absolute Gasteiger partial charge is 0.444 e. The van der Waals surface area contributed by atoms with Crippen LogP contribution in [0.1, 0.15) is 103 Å². The van der Waals surface area contributed by atoms with Gasteiger partial charge < -0.3 is 20.3 Å². The molecule has 1 saturated carbocycles. The summed E-state index contributed by atoms with van der Waals surface area (Å²) in [7, 11) is 0. The monoisotopic (exact) mass is 563 g/mol.